The number of guanidine groups is 1. The first-order valence-corrected chi connectivity index (χ1v) is 11.1. The van der Waals surface area contributed by atoms with E-state index in [-0.39, 0.29) is 18.9 Å². The molecule has 0 heterocycles. The Bertz CT molecular complexity index is 785. The molecule has 0 spiro atoms. The molecule has 0 aliphatic heterocycles. The highest BCUT2D eigenvalue weighted by molar-refractivity contribution is 5.95. The molecule has 3 amide bonds. The van der Waals surface area contributed by atoms with E-state index in [4.69, 9.17) is 27.4 Å². The molecule has 0 saturated heterocycles. The van der Waals surface area contributed by atoms with E-state index in [0.717, 1.165) is 0 Å². The van der Waals surface area contributed by atoms with Crippen LogP contribution in [0.3, 0.4) is 0 Å². The molecule has 0 bridgehead atoms. The number of hydrogen-bond acceptors (Lipinski definition) is 8. The first-order valence-electron chi connectivity index (χ1n) is 11.1. The molecule has 200 valence electrons. The molecule has 12 N–H and O–H groups in total. The molecule has 0 saturated carbocycles. The van der Waals surface area contributed by atoms with Gasteiger partial charge in [-0.25, -0.2) is 4.79 Å². The molecule has 0 radical (unpaired) electrons. The minimum atomic E-state index is -1.78. The number of hydrogen-bond donors (Lipinski definition) is 9. The van der Waals surface area contributed by atoms with Gasteiger partial charge in [-0.05, 0) is 25.7 Å². The molecule has 35 heavy (non-hydrogen) atoms. The number of aliphatic hydroxyl groups excluding tert-OH is 1. The van der Waals surface area contributed by atoms with Crippen molar-refractivity contribution in [2.45, 2.75) is 76.7 Å². The molecule has 6 atom stereocenters. The van der Waals surface area contributed by atoms with Crippen LogP contribution in [0.5, 0.6) is 0 Å². The number of carbonyl (C=O) groups excluding carboxylic acids is 3. The maximum Gasteiger partial charge on any atom is 0.326 e. The van der Waals surface area contributed by atoms with Crippen LogP contribution in [0.1, 0.15) is 46.5 Å². The molecule has 0 aromatic heterocycles. The molecule has 0 aliphatic rings. The highest BCUT2D eigenvalue weighted by atomic mass is 16.4. The molecule has 15 heteroatoms. The number of aliphatic carboxylic acids is 2. The zero-order valence-electron chi connectivity index (χ0n) is 20.1. The van der Waals surface area contributed by atoms with Gasteiger partial charge >= 0.3 is 11.9 Å². The van der Waals surface area contributed by atoms with E-state index in [0.29, 0.717) is 12.8 Å². The van der Waals surface area contributed by atoms with Gasteiger partial charge in [-0.15, -0.1) is 0 Å². The van der Waals surface area contributed by atoms with Gasteiger partial charge in [0.1, 0.15) is 18.1 Å². The van der Waals surface area contributed by atoms with Crippen LogP contribution in [0.4, 0.5) is 0 Å². The Balaban J connectivity index is 5.38. The summed E-state index contributed by atoms with van der Waals surface area (Å²) in [4.78, 5) is 63.9. The Morgan fingerprint density at radius 3 is 1.91 bits per heavy atom. The van der Waals surface area contributed by atoms with Crippen molar-refractivity contribution in [3.63, 3.8) is 0 Å². The van der Waals surface area contributed by atoms with Crippen molar-refractivity contribution in [1.82, 2.24) is 16.0 Å². The van der Waals surface area contributed by atoms with E-state index in [9.17, 15) is 29.1 Å². The van der Waals surface area contributed by atoms with Gasteiger partial charge in [-0.1, -0.05) is 20.3 Å². The van der Waals surface area contributed by atoms with Gasteiger partial charge < -0.3 is 48.5 Å². The van der Waals surface area contributed by atoms with Gasteiger partial charge in [-0.3, -0.25) is 24.2 Å². The number of carbonyl (C=O) groups is 5. The van der Waals surface area contributed by atoms with Gasteiger partial charge in [0.15, 0.2) is 5.96 Å². The highest BCUT2D eigenvalue weighted by Crippen LogP contribution is 2.10. The normalized spacial score (nSPS) is 15.9. The fourth-order valence-electron chi connectivity index (χ4n) is 2.90. The van der Waals surface area contributed by atoms with Crippen LogP contribution in [0.25, 0.3) is 0 Å². The largest absolute Gasteiger partial charge is 0.481 e. The van der Waals surface area contributed by atoms with Crippen molar-refractivity contribution in [3.8, 4) is 0 Å². The minimum Gasteiger partial charge on any atom is -0.481 e. The van der Waals surface area contributed by atoms with Crippen molar-refractivity contribution in [3.05, 3.63) is 0 Å². The third-order valence-electron chi connectivity index (χ3n) is 5.15. The van der Waals surface area contributed by atoms with Crippen LogP contribution in [-0.2, 0) is 24.0 Å². The standard InChI is InChI=1S/C20H37N7O8/c1-4-9(2)14(26-16(31)11(21)6-5-7-24-20(22)23)17(32)27-15(10(3)28)18(33)25-12(19(34)35)8-13(29)30/h9-12,14-15,28H,4-8,21H2,1-3H3,(H,25,33)(H,26,31)(H,27,32)(H,29,30)(H,34,35)(H4,22,23,24). The molecule has 15 nitrogen and oxygen atoms in total. The summed E-state index contributed by atoms with van der Waals surface area (Å²) in [7, 11) is 0. The van der Waals surface area contributed by atoms with Crippen LogP contribution >= 0.6 is 0 Å². The summed E-state index contributed by atoms with van der Waals surface area (Å²) in [5.74, 6) is -6.10. The van der Waals surface area contributed by atoms with E-state index < -0.39 is 72.3 Å². The van der Waals surface area contributed by atoms with Crippen LogP contribution in [0.2, 0.25) is 0 Å². The lowest BCUT2D eigenvalue weighted by Crippen LogP contribution is -2.61. The zero-order valence-corrected chi connectivity index (χ0v) is 20.1. The maximum atomic E-state index is 12.9. The fraction of sp³-hybridized carbons (Fsp3) is 0.700. The van der Waals surface area contributed by atoms with Gasteiger partial charge in [0, 0.05) is 6.54 Å². The Morgan fingerprint density at radius 1 is 0.914 bits per heavy atom. The minimum absolute atomic E-state index is 0.0918. The average Bonchev–Trinajstić information content (AvgIpc) is 2.76. The molecule has 0 aromatic rings. The van der Waals surface area contributed by atoms with Gasteiger partial charge in [0.2, 0.25) is 17.7 Å². The van der Waals surface area contributed by atoms with Gasteiger partial charge in [0.05, 0.1) is 18.6 Å². The summed E-state index contributed by atoms with van der Waals surface area (Å²) in [6.45, 7) is 4.90. The number of carboxylic acid groups (broad SMARTS) is 2. The number of carboxylic acids is 2. The Morgan fingerprint density at radius 2 is 1.46 bits per heavy atom. The van der Waals surface area contributed by atoms with Crippen molar-refractivity contribution < 1.29 is 39.3 Å². The number of aliphatic hydroxyl groups is 1. The van der Waals surface area contributed by atoms with Crippen molar-refractivity contribution in [2.24, 2.45) is 28.1 Å². The number of nitrogens with two attached hydrogens (primary N) is 3. The number of nitrogens with zero attached hydrogens (tertiary/aromatic N) is 1. The summed E-state index contributed by atoms with van der Waals surface area (Å²) >= 11 is 0. The van der Waals surface area contributed by atoms with Crippen LogP contribution in [-0.4, -0.2) is 87.8 Å². The number of rotatable bonds is 16. The molecular formula is C20H37N7O8. The summed E-state index contributed by atoms with van der Waals surface area (Å²) < 4.78 is 0. The Labute approximate surface area is 202 Å². The monoisotopic (exact) mass is 503 g/mol. The zero-order chi connectivity index (χ0) is 27.3. The van der Waals surface area contributed by atoms with Crippen molar-refractivity contribution in [1.29, 1.82) is 0 Å². The Hall–Kier alpha value is -3.46. The predicted molar refractivity (Wildman–Crippen MR) is 125 cm³/mol. The van der Waals surface area contributed by atoms with E-state index >= 15 is 0 Å². The summed E-state index contributed by atoms with van der Waals surface area (Å²) in [5.41, 5.74) is 16.3. The smallest absolute Gasteiger partial charge is 0.326 e. The lowest BCUT2D eigenvalue weighted by molar-refractivity contribution is -0.148. The van der Waals surface area contributed by atoms with Gasteiger partial charge in [-0.2, -0.15) is 0 Å². The Kier molecular flexibility index (Phi) is 13.9. The lowest BCUT2D eigenvalue weighted by atomic mass is 9.97. The lowest BCUT2D eigenvalue weighted by Gasteiger charge is -2.28. The first kappa shape index (κ1) is 31.5. The third kappa shape index (κ3) is 12.0. The summed E-state index contributed by atoms with van der Waals surface area (Å²) in [6, 6.07) is -5.48. The quantitative estimate of drug-likeness (QED) is 0.0574. The third-order valence-corrected chi connectivity index (χ3v) is 5.15. The molecule has 0 fully saturated rings. The molecule has 0 rings (SSSR count). The summed E-state index contributed by atoms with van der Waals surface area (Å²) in [6.07, 6.45) is -1.27. The van der Waals surface area contributed by atoms with E-state index in [2.05, 4.69) is 15.6 Å². The molecular weight excluding hydrogens is 466 g/mol. The SMILES string of the molecule is CCC(C)C(NC(=O)C(N)CCCN=C(N)N)C(=O)NC(C(=O)NC(CC(=O)O)C(=O)O)C(C)O. The van der Waals surface area contributed by atoms with E-state index in [1.807, 2.05) is 5.32 Å². The van der Waals surface area contributed by atoms with Crippen LogP contribution in [0, 0.1) is 5.92 Å². The van der Waals surface area contributed by atoms with Gasteiger partial charge in [0.25, 0.3) is 0 Å². The maximum absolute atomic E-state index is 12.9. The van der Waals surface area contributed by atoms with Crippen molar-refractivity contribution >= 4 is 35.6 Å². The summed E-state index contributed by atoms with van der Waals surface area (Å²) in [5, 5.41) is 34.7. The second-order valence-corrected chi connectivity index (χ2v) is 8.15. The number of nitrogens with one attached hydrogen (secondary N) is 3. The second-order valence-electron chi connectivity index (χ2n) is 8.15. The topological polar surface area (TPSA) is 273 Å². The second kappa shape index (κ2) is 15.4. The van der Waals surface area contributed by atoms with Crippen LogP contribution in [0.15, 0.2) is 4.99 Å². The van der Waals surface area contributed by atoms with E-state index in [1.165, 1.54) is 6.92 Å². The molecule has 0 aromatic carbocycles. The highest BCUT2D eigenvalue weighted by Gasteiger charge is 2.34. The van der Waals surface area contributed by atoms with Crippen molar-refractivity contribution in [2.75, 3.05) is 6.54 Å². The first-order chi connectivity index (χ1) is 16.2. The average molecular weight is 504 g/mol. The number of aliphatic imine (C=N–C) groups is 1. The fourth-order valence-corrected chi connectivity index (χ4v) is 2.90. The molecule has 0 aliphatic carbocycles. The molecule has 6 unspecified atom stereocenters. The predicted octanol–water partition coefficient (Wildman–Crippen LogP) is -3.19. The van der Waals surface area contributed by atoms with E-state index in [1.54, 1.807) is 13.8 Å². The number of amides is 3. The van der Waals surface area contributed by atoms with Crippen LogP contribution < -0.4 is 33.2 Å².